The van der Waals surface area contributed by atoms with Crippen LogP contribution < -0.4 is 5.32 Å². The van der Waals surface area contributed by atoms with Gasteiger partial charge in [-0.25, -0.2) is 16.8 Å². The highest BCUT2D eigenvalue weighted by molar-refractivity contribution is 7.93. The summed E-state index contributed by atoms with van der Waals surface area (Å²) in [4.78, 5) is 12.6. The summed E-state index contributed by atoms with van der Waals surface area (Å²) in [6, 6.07) is 4.92. The number of rotatable bonds is 6. The number of nitrogens with one attached hydrogen (secondary N) is 1. The third kappa shape index (κ3) is 6.26. The Kier molecular flexibility index (Phi) is 7.79. The minimum absolute atomic E-state index is 0.00614. The van der Waals surface area contributed by atoms with E-state index in [0.29, 0.717) is 31.7 Å². The van der Waals surface area contributed by atoms with E-state index in [-0.39, 0.29) is 32.4 Å². The number of amides is 1. The van der Waals surface area contributed by atoms with E-state index < -0.39 is 42.1 Å². The predicted octanol–water partition coefficient (Wildman–Crippen LogP) is 5.10. The van der Waals surface area contributed by atoms with Gasteiger partial charge in [0.05, 0.1) is 25.9 Å². The minimum atomic E-state index is -4.63. The Bertz CT molecular complexity index is 1280. The van der Waals surface area contributed by atoms with Crippen molar-refractivity contribution in [3.8, 4) is 0 Å². The number of alkyl halides is 3. The number of hydrogen-bond donors (Lipinski definition) is 1. The molecule has 3 rings (SSSR count). The molecule has 0 atom stereocenters. The summed E-state index contributed by atoms with van der Waals surface area (Å²) < 4.78 is 88.8. The van der Waals surface area contributed by atoms with E-state index >= 15 is 0 Å². The number of carbonyl (C=O) groups excluding carboxylic acids is 1. The van der Waals surface area contributed by atoms with Gasteiger partial charge in [-0.05, 0) is 82.0 Å². The second-order valence-corrected chi connectivity index (χ2v) is 15.3. The van der Waals surface area contributed by atoms with Crippen LogP contribution in [-0.2, 0) is 25.9 Å². The zero-order valence-electron chi connectivity index (χ0n) is 19.6. The number of sulfone groups is 2. The largest absolute Gasteiger partial charge is 0.416 e. The second kappa shape index (κ2) is 9.85. The Morgan fingerprint density at radius 1 is 1.03 bits per heavy atom. The average Bonchev–Trinajstić information content (AvgIpc) is 3.25. The van der Waals surface area contributed by atoms with Gasteiger partial charge in [-0.1, -0.05) is 6.07 Å². The molecular weight excluding hydrogens is 523 g/mol. The van der Waals surface area contributed by atoms with Gasteiger partial charge in [0.25, 0.3) is 5.91 Å². The van der Waals surface area contributed by atoms with Crippen LogP contribution in [0, 0.1) is 5.92 Å². The molecule has 1 fully saturated rings. The van der Waals surface area contributed by atoms with Gasteiger partial charge in [0.15, 0.2) is 19.7 Å². The molecule has 6 nitrogen and oxygen atoms in total. The highest BCUT2D eigenvalue weighted by atomic mass is 32.2. The van der Waals surface area contributed by atoms with Crippen molar-refractivity contribution >= 4 is 36.9 Å². The van der Waals surface area contributed by atoms with Crippen molar-refractivity contribution in [3.05, 3.63) is 46.2 Å². The maximum atomic E-state index is 13.0. The molecule has 0 spiro atoms. The normalized spacial score (nSPS) is 19.9. The highest BCUT2D eigenvalue weighted by Crippen LogP contribution is 2.34. The van der Waals surface area contributed by atoms with Crippen LogP contribution in [0.3, 0.4) is 0 Å². The van der Waals surface area contributed by atoms with Crippen LogP contribution in [0.25, 0.3) is 0 Å². The summed E-state index contributed by atoms with van der Waals surface area (Å²) in [5, 5.41) is 4.42. The monoisotopic (exact) mass is 551 g/mol. The van der Waals surface area contributed by atoms with Crippen molar-refractivity contribution in [2.75, 3.05) is 5.75 Å². The molecule has 12 heteroatoms. The van der Waals surface area contributed by atoms with Gasteiger partial charge in [0, 0.05) is 6.04 Å². The molecule has 2 aromatic rings. The van der Waals surface area contributed by atoms with Gasteiger partial charge in [0.2, 0.25) is 0 Å². The van der Waals surface area contributed by atoms with E-state index in [0.717, 1.165) is 23.5 Å². The Balaban J connectivity index is 1.62. The summed E-state index contributed by atoms with van der Waals surface area (Å²) >= 11 is 1.05. The van der Waals surface area contributed by atoms with Crippen LogP contribution in [0.4, 0.5) is 13.2 Å². The SMILES string of the molecule is CC(C)(C)S(=O)(=O)c1ccsc1C(=O)NC1CCC(CS(=O)(=O)c2cccc(C(F)(F)F)c2)CC1. The van der Waals surface area contributed by atoms with Crippen LogP contribution in [0.1, 0.15) is 61.7 Å². The smallest absolute Gasteiger partial charge is 0.349 e. The fourth-order valence-electron chi connectivity index (χ4n) is 4.00. The van der Waals surface area contributed by atoms with Crippen LogP contribution in [0.2, 0.25) is 0 Å². The quantitative estimate of drug-likeness (QED) is 0.539. The first kappa shape index (κ1) is 27.7. The third-order valence-electron chi connectivity index (χ3n) is 6.09. The number of hydrogen-bond acceptors (Lipinski definition) is 6. The standard InChI is InChI=1S/C23H28F3NO5S3/c1-22(2,3)35(31,32)19-11-12-33-20(19)21(28)27-17-9-7-15(8-10-17)14-34(29,30)18-6-4-5-16(13-18)23(24,25)26/h4-6,11-13,15,17H,7-10,14H2,1-3H3,(H,27,28). The minimum Gasteiger partial charge on any atom is -0.349 e. The highest BCUT2D eigenvalue weighted by Gasteiger charge is 2.36. The number of halogens is 3. The Labute approximate surface area is 207 Å². The maximum absolute atomic E-state index is 13.0. The zero-order valence-corrected chi connectivity index (χ0v) is 22.0. The van der Waals surface area contributed by atoms with E-state index in [1.807, 2.05) is 0 Å². The van der Waals surface area contributed by atoms with Gasteiger partial charge in [-0.3, -0.25) is 4.79 Å². The topological polar surface area (TPSA) is 97.4 Å². The molecular formula is C23H28F3NO5S3. The molecule has 0 radical (unpaired) electrons. The van der Waals surface area contributed by atoms with Crippen LogP contribution in [0.5, 0.6) is 0 Å². The first-order valence-electron chi connectivity index (χ1n) is 11.1. The maximum Gasteiger partial charge on any atom is 0.416 e. The van der Waals surface area contributed by atoms with Crippen molar-refractivity contribution in [1.29, 1.82) is 0 Å². The van der Waals surface area contributed by atoms with E-state index in [1.54, 1.807) is 26.2 Å². The van der Waals surface area contributed by atoms with Gasteiger partial charge in [-0.2, -0.15) is 13.2 Å². The van der Waals surface area contributed by atoms with Crippen LogP contribution in [0.15, 0.2) is 45.5 Å². The van der Waals surface area contributed by atoms with Crippen molar-refractivity contribution in [2.45, 2.75) is 73.2 Å². The molecule has 1 aromatic carbocycles. The molecule has 1 aromatic heterocycles. The molecule has 0 unspecified atom stereocenters. The lowest BCUT2D eigenvalue weighted by molar-refractivity contribution is -0.137. The molecule has 1 heterocycles. The fraction of sp³-hybridized carbons (Fsp3) is 0.522. The van der Waals surface area contributed by atoms with Gasteiger partial charge in [0.1, 0.15) is 4.88 Å². The molecule has 194 valence electrons. The summed E-state index contributed by atoms with van der Waals surface area (Å²) in [7, 11) is -7.61. The molecule has 0 bridgehead atoms. The lowest BCUT2D eigenvalue weighted by Crippen LogP contribution is -2.39. The number of benzene rings is 1. The van der Waals surface area contributed by atoms with Crippen molar-refractivity contribution in [2.24, 2.45) is 5.92 Å². The molecule has 1 aliphatic carbocycles. The summed E-state index contributed by atoms with van der Waals surface area (Å²) in [5.41, 5.74) is -1.01. The third-order valence-corrected chi connectivity index (χ3v) is 11.5. The van der Waals surface area contributed by atoms with Crippen molar-refractivity contribution in [3.63, 3.8) is 0 Å². The van der Waals surface area contributed by atoms with Gasteiger partial charge < -0.3 is 5.32 Å². The molecule has 0 saturated heterocycles. The van der Waals surface area contributed by atoms with Crippen LogP contribution in [-0.4, -0.2) is 39.3 Å². The van der Waals surface area contributed by atoms with Gasteiger partial charge >= 0.3 is 6.18 Å². The van der Waals surface area contributed by atoms with E-state index in [9.17, 15) is 34.8 Å². The first-order valence-corrected chi connectivity index (χ1v) is 15.1. The molecule has 1 aliphatic rings. The zero-order chi connectivity index (χ0) is 26.2. The number of carbonyl (C=O) groups is 1. The Hall–Kier alpha value is -1.92. The molecule has 1 N–H and O–H groups in total. The fourth-order valence-corrected chi connectivity index (χ4v) is 8.23. The lowest BCUT2D eigenvalue weighted by Gasteiger charge is -2.29. The average molecular weight is 552 g/mol. The molecule has 0 aliphatic heterocycles. The molecule has 1 saturated carbocycles. The molecule has 35 heavy (non-hydrogen) atoms. The summed E-state index contributed by atoms with van der Waals surface area (Å²) in [5.74, 6) is -1.00. The second-order valence-electron chi connectivity index (χ2n) is 9.73. The van der Waals surface area contributed by atoms with Gasteiger partial charge in [-0.15, -0.1) is 11.3 Å². The first-order chi connectivity index (χ1) is 16.0. The Morgan fingerprint density at radius 2 is 1.66 bits per heavy atom. The van der Waals surface area contributed by atoms with E-state index in [1.165, 1.54) is 12.1 Å². The van der Waals surface area contributed by atoms with E-state index in [4.69, 9.17) is 0 Å². The van der Waals surface area contributed by atoms with Crippen LogP contribution >= 0.6 is 11.3 Å². The molecule has 1 amide bonds. The lowest BCUT2D eigenvalue weighted by atomic mass is 9.87. The van der Waals surface area contributed by atoms with Crippen molar-refractivity contribution < 1.29 is 34.8 Å². The Morgan fingerprint density at radius 3 is 2.23 bits per heavy atom. The van der Waals surface area contributed by atoms with Crippen molar-refractivity contribution in [1.82, 2.24) is 5.32 Å². The predicted molar refractivity (Wildman–Crippen MR) is 128 cm³/mol. The summed E-state index contributed by atoms with van der Waals surface area (Å²) in [6.45, 7) is 4.70. The summed E-state index contributed by atoms with van der Waals surface area (Å²) in [6.07, 6.45) is -2.71. The van der Waals surface area contributed by atoms with E-state index in [2.05, 4.69) is 5.32 Å². The number of thiophene rings is 1.